The van der Waals surface area contributed by atoms with E-state index < -0.39 is 9.84 Å². The van der Waals surface area contributed by atoms with Crippen LogP contribution < -0.4 is 5.32 Å². The topological polar surface area (TPSA) is 49.4 Å². The number of sulfone groups is 1. The Labute approximate surface area is 124 Å². The van der Waals surface area contributed by atoms with E-state index in [1.807, 2.05) is 6.92 Å². The second-order valence-corrected chi connectivity index (χ2v) is 9.13. The Bertz CT molecular complexity index is 420. The first-order valence-corrected chi connectivity index (χ1v) is 9.91. The summed E-state index contributed by atoms with van der Waals surface area (Å²) in [5.74, 6) is 1.44. The molecule has 5 heteroatoms. The molecule has 0 aromatic heterocycles. The Morgan fingerprint density at radius 3 is 2.50 bits per heavy atom. The van der Waals surface area contributed by atoms with Crippen molar-refractivity contribution in [2.75, 3.05) is 31.1 Å². The smallest absolute Gasteiger partial charge is 0.151 e. The predicted molar refractivity (Wildman–Crippen MR) is 83.7 cm³/mol. The maximum Gasteiger partial charge on any atom is 0.151 e. The third-order valence-corrected chi connectivity index (χ3v) is 6.75. The first-order valence-electron chi connectivity index (χ1n) is 8.08. The third-order valence-electron chi connectivity index (χ3n) is 4.91. The Kier molecular flexibility index (Phi) is 5.14. The molecule has 2 aliphatic rings. The maximum atomic E-state index is 12.0. The maximum absolute atomic E-state index is 12.0. The van der Waals surface area contributed by atoms with Crippen molar-refractivity contribution in [1.82, 2.24) is 10.2 Å². The van der Waals surface area contributed by atoms with E-state index in [1.54, 1.807) is 0 Å². The second-order valence-electron chi connectivity index (χ2n) is 6.82. The van der Waals surface area contributed by atoms with Crippen LogP contribution in [0.5, 0.6) is 0 Å². The lowest BCUT2D eigenvalue weighted by Crippen LogP contribution is -2.63. The van der Waals surface area contributed by atoms with E-state index >= 15 is 0 Å². The minimum Gasteiger partial charge on any atom is -0.309 e. The molecule has 118 valence electrons. The van der Waals surface area contributed by atoms with Crippen LogP contribution in [0, 0.1) is 5.92 Å². The Morgan fingerprint density at radius 1 is 1.25 bits per heavy atom. The van der Waals surface area contributed by atoms with Gasteiger partial charge in [0, 0.05) is 37.0 Å². The SMILES string of the molecule is CCCS(=O)(=O)CCN1CC(C)(CC)NCC1C1CC1. The van der Waals surface area contributed by atoms with E-state index in [4.69, 9.17) is 0 Å². The van der Waals surface area contributed by atoms with Crippen LogP contribution >= 0.6 is 0 Å². The Hall–Kier alpha value is -0.130. The molecule has 1 heterocycles. The average Bonchev–Trinajstić information content (AvgIpc) is 3.21. The zero-order valence-electron chi connectivity index (χ0n) is 13.2. The normalized spacial score (nSPS) is 32.5. The first-order chi connectivity index (χ1) is 9.39. The van der Waals surface area contributed by atoms with Crippen LogP contribution in [0.3, 0.4) is 0 Å². The number of nitrogens with one attached hydrogen (secondary N) is 1. The Balaban J connectivity index is 1.97. The van der Waals surface area contributed by atoms with Crippen molar-refractivity contribution < 1.29 is 8.42 Å². The van der Waals surface area contributed by atoms with Gasteiger partial charge in [0.1, 0.15) is 0 Å². The van der Waals surface area contributed by atoms with Crippen molar-refractivity contribution in [3.63, 3.8) is 0 Å². The van der Waals surface area contributed by atoms with Gasteiger partial charge < -0.3 is 5.32 Å². The van der Waals surface area contributed by atoms with E-state index in [-0.39, 0.29) is 5.54 Å². The van der Waals surface area contributed by atoms with E-state index in [1.165, 1.54) is 12.8 Å². The number of piperazine rings is 1. The van der Waals surface area contributed by atoms with Crippen molar-refractivity contribution in [1.29, 1.82) is 0 Å². The molecule has 2 fully saturated rings. The van der Waals surface area contributed by atoms with Crippen molar-refractivity contribution in [3.8, 4) is 0 Å². The van der Waals surface area contributed by atoms with E-state index in [9.17, 15) is 8.42 Å². The molecule has 2 atom stereocenters. The summed E-state index contributed by atoms with van der Waals surface area (Å²) in [5, 5.41) is 3.68. The summed E-state index contributed by atoms with van der Waals surface area (Å²) in [7, 11) is -2.87. The fraction of sp³-hybridized carbons (Fsp3) is 1.00. The van der Waals surface area contributed by atoms with Crippen molar-refractivity contribution in [2.45, 2.75) is 58.0 Å². The number of hydrogen-bond donors (Lipinski definition) is 1. The van der Waals surface area contributed by atoms with Gasteiger partial charge in [-0.25, -0.2) is 8.42 Å². The lowest BCUT2D eigenvalue weighted by atomic mass is 9.92. The van der Waals surface area contributed by atoms with Crippen molar-refractivity contribution in [2.24, 2.45) is 5.92 Å². The Morgan fingerprint density at radius 2 is 1.95 bits per heavy atom. The van der Waals surface area contributed by atoms with Gasteiger partial charge in [-0.15, -0.1) is 0 Å². The second kappa shape index (κ2) is 6.32. The fourth-order valence-corrected chi connectivity index (χ4v) is 4.54. The lowest BCUT2D eigenvalue weighted by molar-refractivity contribution is 0.0785. The highest BCUT2D eigenvalue weighted by Gasteiger charge is 2.41. The van der Waals surface area contributed by atoms with Crippen LogP contribution in [-0.2, 0) is 9.84 Å². The summed E-state index contributed by atoms with van der Waals surface area (Å²) in [6.45, 7) is 9.10. The molecule has 2 unspecified atom stereocenters. The van der Waals surface area contributed by atoms with Crippen molar-refractivity contribution in [3.05, 3.63) is 0 Å². The summed E-state index contributed by atoms with van der Waals surface area (Å²) in [6, 6.07) is 0.548. The number of rotatable bonds is 7. The molecule has 0 aromatic rings. The number of hydrogen-bond acceptors (Lipinski definition) is 4. The largest absolute Gasteiger partial charge is 0.309 e. The molecule has 1 N–H and O–H groups in total. The molecular weight excluding hydrogens is 272 g/mol. The summed E-state index contributed by atoms with van der Waals surface area (Å²) in [4.78, 5) is 2.45. The van der Waals surface area contributed by atoms with E-state index in [2.05, 4.69) is 24.1 Å². The lowest BCUT2D eigenvalue weighted by Gasteiger charge is -2.46. The quantitative estimate of drug-likeness (QED) is 0.777. The number of nitrogens with zero attached hydrogens (tertiary/aromatic N) is 1. The van der Waals surface area contributed by atoms with Gasteiger partial charge in [0.15, 0.2) is 9.84 Å². The molecule has 1 aliphatic heterocycles. The molecule has 0 spiro atoms. The molecule has 0 bridgehead atoms. The molecule has 1 saturated carbocycles. The van der Waals surface area contributed by atoms with E-state index in [0.29, 0.717) is 24.1 Å². The zero-order valence-corrected chi connectivity index (χ0v) is 14.0. The minimum atomic E-state index is -2.87. The minimum absolute atomic E-state index is 0.139. The van der Waals surface area contributed by atoms with Crippen molar-refractivity contribution >= 4 is 9.84 Å². The van der Waals surface area contributed by atoms with Gasteiger partial charge in [-0.05, 0) is 38.5 Å². The molecule has 2 rings (SSSR count). The molecule has 4 nitrogen and oxygen atoms in total. The van der Waals surface area contributed by atoms with Crippen LogP contribution in [0.4, 0.5) is 0 Å². The van der Waals surface area contributed by atoms with E-state index in [0.717, 1.165) is 31.8 Å². The van der Waals surface area contributed by atoms with Crippen LogP contribution in [0.15, 0.2) is 0 Å². The molecule has 20 heavy (non-hydrogen) atoms. The zero-order chi connectivity index (χ0) is 14.8. The molecule has 1 saturated heterocycles. The van der Waals surface area contributed by atoms with Crippen LogP contribution in [0.25, 0.3) is 0 Å². The fourth-order valence-electron chi connectivity index (χ4n) is 3.20. The standard InChI is InChI=1S/C15H30N2O2S/c1-4-9-20(18,19)10-8-17-12-15(3,5-2)16-11-14(17)13-6-7-13/h13-14,16H,4-12H2,1-3H3. The highest BCUT2D eigenvalue weighted by atomic mass is 32.2. The summed E-state index contributed by atoms with van der Waals surface area (Å²) < 4.78 is 23.9. The van der Waals surface area contributed by atoms with Crippen LogP contribution in [0.1, 0.15) is 46.5 Å². The first kappa shape index (κ1) is 16.2. The summed E-state index contributed by atoms with van der Waals surface area (Å²) >= 11 is 0. The predicted octanol–water partition coefficient (Wildman–Crippen LogP) is 1.66. The van der Waals surface area contributed by atoms with Gasteiger partial charge in [0.05, 0.1) is 5.75 Å². The molecular formula is C15H30N2O2S. The van der Waals surface area contributed by atoms with Gasteiger partial charge in [0.2, 0.25) is 0 Å². The van der Waals surface area contributed by atoms with Gasteiger partial charge in [-0.1, -0.05) is 13.8 Å². The average molecular weight is 302 g/mol. The van der Waals surface area contributed by atoms with Gasteiger partial charge in [-0.2, -0.15) is 0 Å². The summed E-state index contributed by atoms with van der Waals surface area (Å²) in [6.07, 6.45) is 4.44. The van der Waals surface area contributed by atoms with Gasteiger partial charge in [-0.3, -0.25) is 4.90 Å². The molecule has 0 radical (unpaired) electrons. The van der Waals surface area contributed by atoms with Gasteiger partial charge >= 0.3 is 0 Å². The summed E-state index contributed by atoms with van der Waals surface area (Å²) in [5.41, 5.74) is 0.139. The van der Waals surface area contributed by atoms with Gasteiger partial charge in [0.25, 0.3) is 0 Å². The third kappa shape index (κ3) is 4.18. The highest BCUT2D eigenvalue weighted by Crippen LogP contribution is 2.37. The monoisotopic (exact) mass is 302 g/mol. The van der Waals surface area contributed by atoms with Crippen LogP contribution in [0.2, 0.25) is 0 Å². The van der Waals surface area contributed by atoms with Crippen LogP contribution in [-0.4, -0.2) is 56.0 Å². The molecule has 0 aromatic carbocycles. The molecule has 1 aliphatic carbocycles. The molecule has 0 amide bonds. The highest BCUT2D eigenvalue weighted by molar-refractivity contribution is 7.91.